The number of benzene rings is 1. The van der Waals surface area contributed by atoms with Crippen molar-refractivity contribution in [3.05, 3.63) is 33.8 Å². The molecule has 0 saturated heterocycles. The van der Waals surface area contributed by atoms with Gasteiger partial charge in [0.2, 0.25) is 0 Å². The zero-order valence-corrected chi connectivity index (χ0v) is 12.5. The van der Waals surface area contributed by atoms with Gasteiger partial charge < -0.3 is 4.74 Å². The molecule has 1 unspecified atom stereocenters. The first-order valence-electron chi connectivity index (χ1n) is 5.32. The molecule has 0 fully saturated rings. The van der Waals surface area contributed by atoms with Crippen LogP contribution in [0.1, 0.15) is 18.5 Å². The monoisotopic (exact) mass is 322 g/mol. The van der Waals surface area contributed by atoms with Gasteiger partial charge in [0.15, 0.2) is 0 Å². The smallest absolute Gasteiger partial charge is 0.319 e. The molecule has 0 bridgehead atoms. The summed E-state index contributed by atoms with van der Waals surface area (Å²) in [5.41, 5.74) is 0.649. The zero-order valence-electron chi connectivity index (χ0n) is 10.2. The summed E-state index contributed by atoms with van der Waals surface area (Å²) >= 11 is 11.7. The van der Waals surface area contributed by atoms with Gasteiger partial charge in [0.05, 0.1) is 29.3 Å². The van der Waals surface area contributed by atoms with Crippen LogP contribution in [0.15, 0.2) is 18.2 Å². The first kappa shape index (κ1) is 18.0. The van der Waals surface area contributed by atoms with E-state index in [9.17, 15) is 4.79 Å². The first-order valence-corrected chi connectivity index (χ1v) is 6.07. The number of rotatable bonds is 5. The maximum absolute atomic E-state index is 11.2. The predicted molar refractivity (Wildman–Crippen MR) is 76.7 cm³/mol. The van der Waals surface area contributed by atoms with Gasteiger partial charge in [-0.2, -0.15) is 5.26 Å². The van der Waals surface area contributed by atoms with Gasteiger partial charge in [-0.25, -0.2) is 0 Å². The van der Waals surface area contributed by atoms with E-state index in [1.807, 2.05) is 6.07 Å². The third-order valence-corrected chi connectivity index (χ3v) is 2.90. The number of hydrogen-bond donors (Lipinski definition) is 1. The van der Waals surface area contributed by atoms with E-state index < -0.39 is 12.0 Å². The summed E-state index contributed by atoms with van der Waals surface area (Å²) in [6.45, 7) is 2.00. The number of hydrogen-bond acceptors (Lipinski definition) is 4. The molecule has 1 aromatic rings. The largest absolute Gasteiger partial charge is 0.465 e. The molecule has 19 heavy (non-hydrogen) atoms. The standard InChI is InChI=1S/C12H12Cl2N2O2.ClH/c1-2-18-12(17)7-16-11(6-15)8-3-4-9(13)10(14)5-8;/h3-5,11,16H,2,7H2,1H3;1H. The number of nitrogens with zero attached hydrogens (tertiary/aromatic N) is 1. The Kier molecular flexibility index (Phi) is 8.53. The van der Waals surface area contributed by atoms with Crippen LogP contribution in [-0.2, 0) is 9.53 Å². The van der Waals surface area contributed by atoms with E-state index in [0.29, 0.717) is 22.2 Å². The molecule has 0 aliphatic heterocycles. The van der Waals surface area contributed by atoms with Crippen molar-refractivity contribution >= 4 is 41.6 Å². The number of nitriles is 1. The summed E-state index contributed by atoms with van der Waals surface area (Å²) in [6.07, 6.45) is 0. The quantitative estimate of drug-likeness (QED) is 0.846. The van der Waals surface area contributed by atoms with Gasteiger partial charge in [0, 0.05) is 0 Å². The van der Waals surface area contributed by atoms with E-state index >= 15 is 0 Å². The van der Waals surface area contributed by atoms with Gasteiger partial charge in [-0.1, -0.05) is 29.3 Å². The van der Waals surface area contributed by atoms with Crippen molar-refractivity contribution in [1.82, 2.24) is 5.32 Å². The minimum atomic E-state index is -0.635. The highest BCUT2D eigenvalue weighted by Gasteiger charge is 2.13. The third kappa shape index (κ3) is 5.66. The van der Waals surface area contributed by atoms with Crippen LogP contribution >= 0.6 is 35.6 Å². The Bertz CT molecular complexity index is 475. The molecule has 1 rings (SSSR count). The van der Waals surface area contributed by atoms with E-state index in [1.165, 1.54) is 0 Å². The fourth-order valence-corrected chi connectivity index (χ4v) is 1.63. The lowest BCUT2D eigenvalue weighted by Gasteiger charge is -2.12. The van der Waals surface area contributed by atoms with Crippen molar-refractivity contribution < 1.29 is 9.53 Å². The van der Waals surface area contributed by atoms with Crippen molar-refractivity contribution in [3.63, 3.8) is 0 Å². The number of ether oxygens (including phenoxy) is 1. The number of esters is 1. The molecule has 0 amide bonds. The minimum Gasteiger partial charge on any atom is -0.465 e. The Morgan fingerprint density at radius 1 is 1.47 bits per heavy atom. The summed E-state index contributed by atoms with van der Waals surface area (Å²) in [5, 5.41) is 12.6. The maximum Gasteiger partial charge on any atom is 0.319 e. The van der Waals surface area contributed by atoms with Crippen molar-refractivity contribution in [3.8, 4) is 6.07 Å². The molecule has 1 atom stereocenters. The zero-order chi connectivity index (χ0) is 13.5. The Hall–Kier alpha value is -0.990. The molecule has 0 radical (unpaired) electrons. The van der Waals surface area contributed by atoms with Crippen LogP contribution in [0.25, 0.3) is 0 Å². The summed E-state index contributed by atoms with van der Waals surface area (Å²) in [6, 6.07) is 6.29. The van der Waals surface area contributed by atoms with Gasteiger partial charge in [-0.3, -0.25) is 10.1 Å². The predicted octanol–water partition coefficient (Wildman–Crippen LogP) is 3.13. The summed E-state index contributed by atoms with van der Waals surface area (Å²) < 4.78 is 4.76. The van der Waals surface area contributed by atoms with Gasteiger partial charge >= 0.3 is 5.97 Å². The van der Waals surface area contributed by atoms with Crippen molar-refractivity contribution in [2.75, 3.05) is 13.2 Å². The Labute approximate surface area is 128 Å². The SMILES string of the molecule is CCOC(=O)CNC(C#N)c1ccc(Cl)c(Cl)c1.Cl. The minimum absolute atomic E-state index is 0. The van der Waals surface area contributed by atoms with Crippen molar-refractivity contribution in [2.24, 2.45) is 0 Å². The highest BCUT2D eigenvalue weighted by molar-refractivity contribution is 6.42. The lowest BCUT2D eigenvalue weighted by Crippen LogP contribution is -2.28. The second-order valence-electron chi connectivity index (χ2n) is 3.42. The molecule has 7 heteroatoms. The molecule has 0 heterocycles. The summed E-state index contributed by atoms with van der Waals surface area (Å²) in [5.74, 6) is -0.405. The van der Waals surface area contributed by atoms with E-state index in [0.717, 1.165) is 0 Å². The normalized spacial score (nSPS) is 11.1. The number of halogens is 3. The fourth-order valence-electron chi connectivity index (χ4n) is 1.33. The molecule has 0 spiro atoms. The Morgan fingerprint density at radius 3 is 2.68 bits per heavy atom. The highest BCUT2D eigenvalue weighted by Crippen LogP contribution is 2.25. The van der Waals surface area contributed by atoms with Crippen LogP contribution in [0.2, 0.25) is 10.0 Å². The van der Waals surface area contributed by atoms with Gasteiger partial charge in [0.25, 0.3) is 0 Å². The van der Waals surface area contributed by atoms with Crippen LogP contribution in [0.4, 0.5) is 0 Å². The second kappa shape index (κ2) is 9.00. The molecule has 0 aliphatic carbocycles. The molecular formula is C12H13Cl3N2O2. The molecule has 0 saturated carbocycles. The first-order chi connectivity index (χ1) is 8.58. The van der Waals surface area contributed by atoms with Crippen LogP contribution in [0.5, 0.6) is 0 Å². The van der Waals surface area contributed by atoms with Crippen LogP contribution in [0.3, 0.4) is 0 Å². The molecule has 4 nitrogen and oxygen atoms in total. The number of carbonyl (C=O) groups excluding carboxylic acids is 1. The molecular weight excluding hydrogens is 311 g/mol. The van der Waals surface area contributed by atoms with Crippen molar-refractivity contribution in [2.45, 2.75) is 13.0 Å². The van der Waals surface area contributed by atoms with Crippen LogP contribution < -0.4 is 5.32 Å². The van der Waals surface area contributed by atoms with Gasteiger partial charge in [-0.15, -0.1) is 12.4 Å². The average molecular weight is 324 g/mol. The summed E-state index contributed by atoms with van der Waals surface area (Å²) in [4.78, 5) is 11.2. The van der Waals surface area contributed by atoms with E-state index in [-0.39, 0.29) is 19.0 Å². The number of carbonyl (C=O) groups is 1. The molecule has 1 aromatic carbocycles. The van der Waals surface area contributed by atoms with E-state index in [4.69, 9.17) is 33.2 Å². The molecule has 1 N–H and O–H groups in total. The Morgan fingerprint density at radius 2 is 2.16 bits per heavy atom. The van der Waals surface area contributed by atoms with Crippen LogP contribution in [0, 0.1) is 11.3 Å². The van der Waals surface area contributed by atoms with Gasteiger partial charge in [-0.05, 0) is 24.6 Å². The van der Waals surface area contributed by atoms with Crippen molar-refractivity contribution in [1.29, 1.82) is 5.26 Å². The lowest BCUT2D eigenvalue weighted by atomic mass is 10.1. The highest BCUT2D eigenvalue weighted by atomic mass is 35.5. The fraction of sp³-hybridized carbons (Fsp3) is 0.333. The molecule has 0 aliphatic rings. The van der Waals surface area contributed by atoms with Gasteiger partial charge in [0.1, 0.15) is 6.04 Å². The Balaban J connectivity index is 0.00000324. The molecule has 0 aromatic heterocycles. The lowest BCUT2D eigenvalue weighted by molar-refractivity contribution is -0.142. The molecule has 104 valence electrons. The maximum atomic E-state index is 11.2. The summed E-state index contributed by atoms with van der Waals surface area (Å²) in [7, 11) is 0. The van der Waals surface area contributed by atoms with Crippen LogP contribution in [-0.4, -0.2) is 19.1 Å². The van der Waals surface area contributed by atoms with E-state index in [2.05, 4.69) is 5.32 Å². The third-order valence-electron chi connectivity index (χ3n) is 2.16. The topological polar surface area (TPSA) is 62.1 Å². The van der Waals surface area contributed by atoms with E-state index in [1.54, 1.807) is 25.1 Å². The number of nitrogens with one attached hydrogen (secondary N) is 1. The average Bonchev–Trinajstić information content (AvgIpc) is 2.34. The second-order valence-corrected chi connectivity index (χ2v) is 4.24.